The first kappa shape index (κ1) is 17.2. The van der Waals surface area contributed by atoms with Crippen molar-refractivity contribution >= 4 is 17.9 Å². The molecule has 2 saturated carbocycles. The minimum Gasteiger partial charge on any atom is -0.465 e. The van der Waals surface area contributed by atoms with Crippen LogP contribution in [0.5, 0.6) is 0 Å². The zero-order valence-corrected chi connectivity index (χ0v) is 14.6. The number of hydrogen-bond donors (Lipinski definition) is 0. The van der Waals surface area contributed by atoms with Gasteiger partial charge >= 0.3 is 17.9 Å². The fraction of sp³-hybridized carbons (Fsp3) is 0.833. The summed E-state index contributed by atoms with van der Waals surface area (Å²) < 4.78 is 15.8. The number of rotatable bonds is 5. The maximum Gasteiger partial charge on any atom is 0.344 e. The number of esters is 3. The van der Waals surface area contributed by atoms with E-state index in [4.69, 9.17) is 14.2 Å². The Bertz CT molecular complexity index is 554. The van der Waals surface area contributed by atoms with Gasteiger partial charge in [-0.15, -0.1) is 0 Å². The van der Waals surface area contributed by atoms with E-state index in [2.05, 4.69) is 0 Å². The van der Waals surface area contributed by atoms with Gasteiger partial charge in [-0.3, -0.25) is 9.59 Å². The summed E-state index contributed by atoms with van der Waals surface area (Å²) in [5.41, 5.74) is -1.06. The average molecular weight is 338 g/mol. The Morgan fingerprint density at radius 1 is 1.33 bits per heavy atom. The van der Waals surface area contributed by atoms with Crippen molar-refractivity contribution in [1.29, 1.82) is 0 Å². The van der Waals surface area contributed by atoms with Gasteiger partial charge in [-0.25, -0.2) is 4.79 Å². The summed E-state index contributed by atoms with van der Waals surface area (Å²) in [5, 5.41) is 0. The summed E-state index contributed by atoms with van der Waals surface area (Å²) in [7, 11) is 0. The minimum atomic E-state index is -0.607. The van der Waals surface area contributed by atoms with Gasteiger partial charge in [0, 0.05) is 5.92 Å². The highest BCUT2D eigenvalue weighted by atomic mass is 16.6. The molecule has 4 unspecified atom stereocenters. The van der Waals surface area contributed by atoms with Crippen molar-refractivity contribution in [3.05, 3.63) is 0 Å². The smallest absolute Gasteiger partial charge is 0.344 e. The second-order valence-electron chi connectivity index (χ2n) is 8.03. The molecule has 1 spiro atoms. The van der Waals surface area contributed by atoms with Crippen LogP contribution in [0, 0.1) is 22.7 Å². The van der Waals surface area contributed by atoms with Gasteiger partial charge < -0.3 is 14.2 Å². The third-order valence-electron chi connectivity index (χ3n) is 6.19. The number of cyclic esters (lactones) is 1. The fourth-order valence-electron chi connectivity index (χ4n) is 4.41. The summed E-state index contributed by atoms with van der Waals surface area (Å²) in [6.07, 6.45) is 3.65. The lowest BCUT2D eigenvalue weighted by molar-refractivity contribution is -0.172. The van der Waals surface area contributed by atoms with E-state index in [0.29, 0.717) is 18.9 Å². The molecule has 2 aliphatic carbocycles. The first-order chi connectivity index (χ1) is 11.3. The summed E-state index contributed by atoms with van der Waals surface area (Å²) in [4.78, 5) is 36.1. The zero-order chi connectivity index (χ0) is 17.5. The highest BCUT2D eigenvalue weighted by molar-refractivity contribution is 5.81. The second-order valence-corrected chi connectivity index (χ2v) is 8.03. The summed E-state index contributed by atoms with van der Waals surface area (Å²) >= 11 is 0. The van der Waals surface area contributed by atoms with E-state index >= 15 is 0 Å². The predicted molar refractivity (Wildman–Crippen MR) is 83.8 cm³/mol. The second kappa shape index (κ2) is 6.05. The van der Waals surface area contributed by atoms with Crippen LogP contribution in [0.15, 0.2) is 0 Å². The summed E-state index contributed by atoms with van der Waals surface area (Å²) in [5.74, 6) is -0.601. The molecule has 134 valence electrons. The lowest BCUT2D eigenvalue weighted by atomic mass is 9.71. The van der Waals surface area contributed by atoms with Gasteiger partial charge in [0.1, 0.15) is 6.10 Å². The molecule has 6 nitrogen and oxygen atoms in total. The maximum atomic E-state index is 12.1. The van der Waals surface area contributed by atoms with E-state index in [1.54, 1.807) is 13.8 Å². The van der Waals surface area contributed by atoms with Crippen LogP contribution in [-0.4, -0.2) is 37.2 Å². The van der Waals surface area contributed by atoms with Crippen LogP contribution >= 0.6 is 0 Å². The minimum absolute atomic E-state index is 0.0456. The van der Waals surface area contributed by atoms with Crippen molar-refractivity contribution in [3.8, 4) is 0 Å². The molecular formula is C18H26O6. The van der Waals surface area contributed by atoms with E-state index in [-0.39, 0.29) is 24.6 Å². The van der Waals surface area contributed by atoms with Crippen molar-refractivity contribution in [1.82, 2.24) is 0 Å². The van der Waals surface area contributed by atoms with Crippen LogP contribution in [-0.2, 0) is 28.6 Å². The van der Waals surface area contributed by atoms with E-state index in [1.807, 2.05) is 6.92 Å². The molecule has 3 fully saturated rings. The molecule has 0 aromatic heterocycles. The van der Waals surface area contributed by atoms with Crippen LogP contribution in [0.25, 0.3) is 0 Å². The number of hydrogen-bond acceptors (Lipinski definition) is 6. The van der Waals surface area contributed by atoms with E-state index in [0.717, 1.165) is 25.7 Å². The lowest BCUT2D eigenvalue weighted by Gasteiger charge is -2.34. The molecule has 0 N–H and O–H groups in total. The fourth-order valence-corrected chi connectivity index (χ4v) is 4.41. The molecule has 3 rings (SSSR count). The Balaban J connectivity index is 1.54. The molecule has 1 heterocycles. The van der Waals surface area contributed by atoms with E-state index < -0.39 is 22.8 Å². The van der Waals surface area contributed by atoms with Gasteiger partial charge in [-0.2, -0.15) is 0 Å². The standard InChI is InChI=1S/C18H26O6/c1-4-17(2,3)15(20)23-10-14(19)24-13-8-11-7-12(13)18(9-11)5-6-22-16(18)21/h11-13H,4-10H2,1-3H3. The van der Waals surface area contributed by atoms with Gasteiger partial charge in [0.2, 0.25) is 0 Å². The van der Waals surface area contributed by atoms with Gasteiger partial charge in [-0.1, -0.05) is 6.92 Å². The SMILES string of the molecule is CCC(C)(C)C(=O)OCC(=O)OC1CC2CC1C1(CCOC1=O)C2. The topological polar surface area (TPSA) is 78.9 Å². The Morgan fingerprint density at radius 3 is 2.67 bits per heavy atom. The summed E-state index contributed by atoms with van der Waals surface area (Å²) in [6.45, 7) is 5.56. The number of ether oxygens (including phenoxy) is 3. The van der Waals surface area contributed by atoms with Crippen molar-refractivity contribution < 1.29 is 28.6 Å². The van der Waals surface area contributed by atoms with Gasteiger partial charge in [0.25, 0.3) is 0 Å². The maximum absolute atomic E-state index is 12.1. The molecule has 3 aliphatic rings. The monoisotopic (exact) mass is 338 g/mol. The Hall–Kier alpha value is -1.59. The molecule has 1 saturated heterocycles. The van der Waals surface area contributed by atoms with Crippen molar-refractivity contribution in [3.63, 3.8) is 0 Å². The number of fused-ring (bicyclic) bond motifs is 3. The highest BCUT2D eigenvalue weighted by Crippen LogP contribution is 2.60. The molecular weight excluding hydrogens is 312 g/mol. The number of carbonyl (C=O) groups is 3. The molecule has 6 heteroatoms. The average Bonchev–Trinajstić information content (AvgIpc) is 3.20. The van der Waals surface area contributed by atoms with E-state index in [1.165, 1.54) is 0 Å². The van der Waals surface area contributed by atoms with Gasteiger partial charge in [-0.05, 0) is 51.9 Å². The Kier molecular flexibility index (Phi) is 4.34. The van der Waals surface area contributed by atoms with Crippen LogP contribution in [0.4, 0.5) is 0 Å². The third-order valence-corrected chi connectivity index (χ3v) is 6.19. The largest absolute Gasteiger partial charge is 0.465 e. The molecule has 0 radical (unpaired) electrons. The normalized spacial score (nSPS) is 34.5. The van der Waals surface area contributed by atoms with Crippen LogP contribution < -0.4 is 0 Å². The quantitative estimate of drug-likeness (QED) is 0.565. The van der Waals surface area contributed by atoms with Crippen molar-refractivity contribution in [2.75, 3.05) is 13.2 Å². The molecule has 2 bridgehead atoms. The molecule has 0 amide bonds. The molecule has 0 aromatic carbocycles. The Labute approximate surface area is 142 Å². The molecule has 0 aromatic rings. The molecule has 1 aliphatic heterocycles. The summed E-state index contributed by atoms with van der Waals surface area (Å²) in [6, 6.07) is 0. The van der Waals surface area contributed by atoms with Crippen LogP contribution in [0.2, 0.25) is 0 Å². The predicted octanol–water partition coefficient (Wildman–Crippen LogP) is 2.24. The molecule has 24 heavy (non-hydrogen) atoms. The van der Waals surface area contributed by atoms with Gasteiger partial charge in [0.15, 0.2) is 6.61 Å². The third kappa shape index (κ3) is 2.80. The number of carbonyl (C=O) groups excluding carboxylic acids is 3. The zero-order valence-electron chi connectivity index (χ0n) is 14.6. The lowest BCUT2D eigenvalue weighted by Crippen LogP contribution is -2.41. The van der Waals surface area contributed by atoms with Crippen molar-refractivity contribution in [2.24, 2.45) is 22.7 Å². The molecule has 4 atom stereocenters. The highest BCUT2D eigenvalue weighted by Gasteiger charge is 2.63. The first-order valence-electron chi connectivity index (χ1n) is 8.82. The van der Waals surface area contributed by atoms with Gasteiger partial charge in [0.05, 0.1) is 17.4 Å². The van der Waals surface area contributed by atoms with E-state index in [9.17, 15) is 14.4 Å². The van der Waals surface area contributed by atoms with Crippen molar-refractivity contribution in [2.45, 2.75) is 59.0 Å². The Morgan fingerprint density at radius 2 is 2.08 bits per heavy atom. The van der Waals surface area contributed by atoms with Crippen LogP contribution in [0.1, 0.15) is 52.9 Å². The first-order valence-corrected chi connectivity index (χ1v) is 8.82. The van der Waals surface area contributed by atoms with Crippen LogP contribution in [0.3, 0.4) is 0 Å².